The molecule has 6 nitrogen and oxygen atoms in total. The van der Waals surface area contributed by atoms with Crippen LogP contribution in [0.15, 0.2) is 16.8 Å². The summed E-state index contributed by atoms with van der Waals surface area (Å²) in [6.07, 6.45) is 4.12. The summed E-state index contributed by atoms with van der Waals surface area (Å²) in [5.41, 5.74) is 0.708. The molecule has 0 aliphatic rings. The van der Waals surface area contributed by atoms with E-state index in [1.165, 1.54) is 0 Å². The number of aliphatic hydroxyl groups excluding tert-OH is 1. The summed E-state index contributed by atoms with van der Waals surface area (Å²) in [5.74, 6) is 1.11. The van der Waals surface area contributed by atoms with Crippen LogP contribution >= 0.6 is 0 Å². The van der Waals surface area contributed by atoms with Crippen LogP contribution in [0.1, 0.15) is 18.7 Å². The maximum Gasteiger partial charge on any atom is 0.227 e. The van der Waals surface area contributed by atoms with Gasteiger partial charge in [0.1, 0.15) is 5.69 Å². The molecule has 16 heavy (non-hydrogen) atoms. The summed E-state index contributed by atoms with van der Waals surface area (Å²) in [4.78, 5) is 4.23. The Morgan fingerprint density at radius 1 is 1.44 bits per heavy atom. The average Bonchev–Trinajstić information content (AvgIpc) is 2.87. The van der Waals surface area contributed by atoms with E-state index in [1.54, 1.807) is 4.68 Å². The van der Waals surface area contributed by atoms with E-state index in [2.05, 4.69) is 15.2 Å². The van der Waals surface area contributed by atoms with Crippen molar-refractivity contribution in [2.24, 2.45) is 7.05 Å². The van der Waals surface area contributed by atoms with Crippen molar-refractivity contribution in [1.29, 1.82) is 0 Å². The van der Waals surface area contributed by atoms with Crippen LogP contribution in [-0.2, 0) is 13.5 Å². The third kappa shape index (κ3) is 2.46. The molecule has 2 aromatic rings. The Morgan fingerprint density at radius 3 is 3.00 bits per heavy atom. The lowest BCUT2D eigenvalue weighted by molar-refractivity contribution is 0.281. The maximum absolute atomic E-state index is 8.65. The average molecular weight is 222 g/mol. The zero-order valence-electron chi connectivity index (χ0n) is 9.13. The van der Waals surface area contributed by atoms with Crippen molar-refractivity contribution in [1.82, 2.24) is 19.9 Å². The van der Waals surface area contributed by atoms with Crippen molar-refractivity contribution >= 4 is 0 Å². The molecule has 0 saturated carbocycles. The number of aromatic nitrogens is 4. The van der Waals surface area contributed by atoms with Crippen molar-refractivity contribution in [2.45, 2.75) is 19.3 Å². The molecule has 6 heteroatoms. The van der Waals surface area contributed by atoms with E-state index in [1.807, 2.05) is 19.3 Å². The van der Waals surface area contributed by atoms with E-state index in [-0.39, 0.29) is 6.61 Å². The van der Waals surface area contributed by atoms with Gasteiger partial charge >= 0.3 is 0 Å². The first-order valence-electron chi connectivity index (χ1n) is 5.23. The lowest BCUT2D eigenvalue weighted by Crippen LogP contribution is -1.90. The smallest absolute Gasteiger partial charge is 0.227 e. The van der Waals surface area contributed by atoms with Gasteiger partial charge in [-0.25, -0.2) is 0 Å². The van der Waals surface area contributed by atoms with Crippen molar-refractivity contribution in [3.05, 3.63) is 18.2 Å². The topological polar surface area (TPSA) is 77.0 Å². The summed E-state index contributed by atoms with van der Waals surface area (Å²) in [6, 6.07) is 1.84. The monoisotopic (exact) mass is 222 g/mol. The SMILES string of the molecule is Cn1ccc(-c2noc(CCCCO)n2)n1. The molecular formula is C10H14N4O2. The van der Waals surface area contributed by atoms with Crippen molar-refractivity contribution < 1.29 is 9.63 Å². The fraction of sp³-hybridized carbons (Fsp3) is 0.500. The molecule has 86 valence electrons. The lowest BCUT2D eigenvalue weighted by atomic mass is 10.2. The Kier molecular flexibility index (Phi) is 3.31. The van der Waals surface area contributed by atoms with Crippen LogP contribution in [0.5, 0.6) is 0 Å². The molecule has 0 atom stereocenters. The molecule has 0 amide bonds. The first kappa shape index (κ1) is 10.8. The van der Waals surface area contributed by atoms with E-state index in [4.69, 9.17) is 9.63 Å². The predicted octanol–water partition coefficient (Wildman–Crippen LogP) is 0.785. The molecule has 0 aliphatic heterocycles. The van der Waals surface area contributed by atoms with Crippen molar-refractivity contribution in [2.75, 3.05) is 6.61 Å². The van der Waals surface area contributed by atoms with Gasteiger partial charge in [0.2, 0.25) is 11.7 Å². The summed E-state index contributed by atoms with van der Waals surface area (Å²) in [7, 11) is 1.84. The van der Waals surface area contributed by atoms with Crippen LogP contribution in [0.25, 0.3) is 11.5 Å². The van der Waals surface area contributed by atoms with Crippen LogP contribution in [0, 0.1) is 0 Å². The number of aliphatic hydroxyl groups is 1. The first-order chi connectivity index (χ1) is 7.79. The molecule has 0 fully saturated rings. The number of rotatable bonds is 5. The first-order valence-corrected chi connectivity index (χ1v) is 5.23. The zero-order valence-corrected chi connectivity index (χ0v) is 9.13. The quantitative estimate of drug-likeness (QED) is 0.756. The Hall–Kier alpha value is -1.69. The van der Waals surface area contributed by atoms with Gasteiger partial charge in [0.15, 0.2) is 0 Å². The predicted molar refractivity (Wildman–Crippen MR) is 56.5 cm³/mol. The van der Waals surface area contributed by atoms with E-state index in [0.717, 1.165) is 12.8 Å². The van der Waals surface area contributed by atoms with Gasteiger partial charge in [0.05, 0.1) is 0 Å². The fourth-order valence-corrected chi connectivity index (χ4v) is 1.38. The van der Waals surface area contributed by atoms with Crippen LogP contribution < -0.4 is 0 Å². The van der Waals surface area contributed by atoms with E-state index in [9.17, 15) is 0 Å². The Balaban J connectivity index is 2.02. The highest BCUT2D eigenvalue weighted by atomic mass is 16.5. The number of hydrogen-bond donors (Lipinski definition) is 1. The van der Waals surface area contributed by atoms with Crippen molar-refractivity contribution in [3.63, 3.8) is 0 Å². The van der Waals surface area contributed by atoms with Gasteiger partial charge in [-0.1, -0.05) is 5.16 Å². The lowest BCUT2D eigenvalue weighted by Gasteiger charge is -1.90. The summed E-state index contributed by atoms with van der Waals surface area (Å²) in [6.45, 7) is 0.196. The van der Waals surface area contributed by atoms with E-state index < -0.39 is 0 Å². The maximum atomic E-state index is 8.65. The van der Waals surface area contributed by atoms with E-state index in [0.29, 0.717) is 23.8 Å². The van der Waals surface area contributed by atoms with Crippen LogP contribution in [0.4, 0.5) is 0 Å². The Morgan fingerprint density at radius 2 is 2.31 bits per heavy atom. The number of unbranched alkanes of at least 4 members (excludes halogenated alkanes) is 1. The molecule has 0 bridgehead atoms. The molecule has 0 unspecified atom stereocenters. The van der Waals surface area contributed by atoms with Gasteiger partial charge in [0.25, 0.3) is 0 Å². The van der Waals surface area contributed by atoms with Gasteiger partial charge in [0, 0.05) is 26.3 Å². The van der Waals surface area contributed by atoms with E-state index >= 15 is 0 Å². The third-order valence-electron chi connectivity index (χ3n) is 2.21. The van der Waals surface area contributed by atoms with Crippen LogP contribution in [-0.4, -0.2) is 31.6 Å². The second kappa shape index (κ2) is 4.89. The van der Waals surface area contributed by atoms with Gasteiger partial charge in [-0.2, -0.15) is 10.1 Å². The second-order valence-electron chi connectivity index (χ2n) is 3.57. The molecule has 2 heterocycles. The largest absolute Gasteiger partial charge is 0.396 e. The summed E-state index contributed by atoms with van der Waals surface area (Å²) in [5, 5.41) is 16.7. The van der Waals surface area contributed by atoms with Crippen LogP contribution in [0.3, 0.4) is 0 Å². The second-order valence-corrected chi connectivity index (χ2v) is 3.57. The Bertz CT molecular complexity index is 449. The normalized spacial score (nSPS) is 10.9. The minimum Gasteiger partial charge on any atom is -0.396 e. The minimum atomic E-state index is 0.196. The van der Waals surface area contributed by atoms with Crippen molar-refractivity contribution in [3.8, 4) is 11.5 Å². The number of hydrogen-bond acceptors (Lipinski definition) is 5. The third-order valence-corrected chi connectivity index (χ3v) is 2.21. The molecule has 0 spiro atoms. The minimum absolute atomic E-state index is 0.196. The number of aryl methyl sites for hydroxylation is 2. The highest BCUT2D eigenvalue weighted by molar-refractivity contribution is 5.46. The molecule has 0 radical (unpaired) electrons. The van der Waals surface area contributed by atoms with Gasteiger partial charge in [-0.3, -0.25) is 4.68 Å². The molecule has 2 rings (SSSR count). The zero-order chi connectivity index (χ0) is 11.4. The molecule has 0 saturated heterocycles. The molecule has 1 N–H and O–H groups in total. The summed E-state index contributed by atoms with van der Waals surface area (Å²) >= 11 is 0. The van der Waals surface area contributed by atoms with Gasteiger partial charge in [-0.15, -0.1) is 0 Å². The molecule has 0 aromatic carbocycles. The molecular weight excluding hydrogens is 208 g/mol. The molecule has 2 aromatic heterocycles. The van der Waals surface area contributed by atoms with Gasteiger partial charge < -0.3 is 9.63 Å². The number of nitrogens with zero attached hydrogens (tertiary/aromatic N) is 4. The summed E-state index contributed by atoms with van der Waals surface area (Å²) < 4.78 is 6.77. The Labute approximate surface area is 92.9 Å². The highest BCUT2D eigenvalue weighted by Crippen LogP contribution is 2.13. The van der Waals surface area contributed by atoms with Gasteiger partial charge in [-0.05, 0) is 18.9 Å². The standard InChI is InChI=1S/C10H14N4O2/c1-14-6-5-8(12-14)10-11-9(16-13-10)4-2-3-7-15/h5-6,15H,2-4,7H2,1H3. The molecule has 0 aliphatic carbocycles. The fourth-order valence-electron chi connectivity index (χ4n) is 1.38. The highest BCUT2D eigenvalue weighted by Gasteiger charge is 2.10. The van der Waals surface area contributed by atoms with Crippen LogP contribution in [0.2, 0.25) is 0 Å².